The molecule has 0 spiro atoms. The Labute approximate surface area is 154 Å². The van der Waals surface area contributed by atoms with Crippen molar-refractivity contribution in [1.82, 2.24) is 14.7 Å². The Morgan fingerprint density at radius 3 is 2.38 bits per heavy atom. The minimum atomic E-state index is -0.617. The SMILES string of the molecule is CN1CCN(CC2CN(C(=O)C(=O)Nc3ccccc3)CC2CO)CC1. The number of carbonyl (C=O) groups excluding carboxylic acids is 2. The highest BCUT2D eigenvalue weighted by Crippen LogP contribution is 2.25. The van der Waals surface area contributed by atoms with Gasteiger partial charge in [-0.25, -0.2) is 0 Å². The average Bonchev–Trinajstić information content (AvgIpc) is 3.06. The number of anilines is 1. The summed E-state index contributed by atoms with van der Waals surface area (Å²) in [4.78, 5) is 31.0. The third-order valence-corrected chi connectivity index (χ3v) is 5.41. The van der Waals surface area contributed by atoms with Crippen LogP contribution in [-0.2, 0) is 9.59 Å². The second-order valence-corrected chi connectivity index (χ2v) is 7.34. The monoisotopic (exact) mass is 360 g/mol. The van der Waals surface area contributed by atoms with Crippen molar-refractivity contribution >= 4 is 17.5 Å². The molecule has 2 aliphatic heterocycles. The molecule has 0 aromatic heterocycles. The number of likely N-dealkylation sites (tertiary alicyclic amines) is 1. The molecule has 26 heavy (non-hydrogen) atoms. The van der Waals surface area contributed by atoms with E-state index in [9.17, 15) is 14.7 Å². The number of nitrogens with one attached hydrogen (secondary N) is 1. The van der Waals surface area contributed by atoms with Crippen LogP contribution in [0.15, 0.2) is 30.3 Å². The van der Waals surface area contributed by atoms with Gasteiger partial charge in [-0.2, -0.15) is 0 Å². The maximum atomic E-state index is 12.5. The van der Waals surface area contributed by atoms with Crippen LogP contribution in [0.25, 0.3) is 0 Å². The van der Waals surface area contributed by atoms with Gasteiger partial charge in [0.15, 0.2) is 0 Å². The highest BCUT2D eigenvalue weighted by molar-refractivity contribution is 6.39. The lowest BCUT2D eigenvalue weighted by Gasteiger charge is -2.34. The van der Waals surface area contributed by atoms with Crippen LogP contribution < -0.4 is 5.32 Å². The largest absolute Gasteiger partial charge is 0.396 e. The molecular weight excluding hydrogens is 332 g/mol. The number of aliphatic hydroxyl groups is 1. The number of likely N-dealkylation sites (N-methyl/N-ethyl adjacent to an activating group) is 1. The van der Waals surface area contributed by atoms with Crippen LogP contribution in [0.2, 0.25) is 0 Å². The van der Waals surface area contributed by atoms with E-state index in [1.54, 1.807) is 17.0 Å². The predicted octanol–water partition coefficient (Wildman–Crippen LogP) is -0.0606. The summed E-state index contributed by atoms with van der Waals surface area (Å²) in [6.07, 6.45) is 0. The van der Waals surface area contributed by atoms with Crippen LogP contribution >= 0.6 is 0 Å². The van der Waals surface area contributed by atoms with Gasteiger partial charge in [0, 0.05) is 64.0 Å². The standard InChI is InChI=1S/C19H28N4O3/c1-21-7-9-22(10-8-21)11-15-12-23(13-16(15)14-24)19(26)18(25)20-17-5-3-2-4-6-17/h2-6,15-16,24H,7-14H2,1H3,(H,20,25). The third-order valence-electron chi connectivity index (χ3n) is 5.41. The van der Waals surface area contributed by atoms with E-state index in [2.05, 4.69) is 22.2 Å². The number of hydrogen-bond acceptors (Lipinski definition) is 5. The Morgan fingerprint density at radius 2 is 1.73 bits per heavy atom. The van der Waals surface area contributed by atoms with Crippen molar-refractivity contribution in [2.24, 2.45) is 11.8 Å². The van der Waals surface area contributed by atoms with E-state index in [1.807, 2.05) is 18.2 Å². The molecule has 2 N–H and O–H groups in total. The van der Waals surface area contributed by atoms with Crippen LogP contribution in [0.1, 0.15) is 0 Å². The van der Waals surface area contributed by atoms with Crippen molar-refractivity contribution in [3.05, 3.63) is 30.3 Å². The van der Waals surface area contributed by atoms with Crippen LogP contribution in [0.5, 0.6) is 0 Å². The zero-order valence-corrected chi connectivity index (χ0v) is 15.3. The first-order chi connectivity index (χ1) is 12.6. The molecule has 7 nitrogen and oxygen atoms in total. The van der Waals surface area contributed by atoms with E-state index in [-0.39, 0.29) is 18.4 Å². The van der Waals surface area contributed by atoms with Gasteiger partial charge in [-0.3, -0.25) is 9.59 Å². The number of nitrogens with zero attached hydrogens (tertiary/aromatic N) is 3. The second-order valence-electron chi connectivity index (χ2n) is 7.34. The molecule has 2 amide bonds. The minimum Gasteiger partial charge on any atom is -0.396 e. The van der Waals surface area contributed by atoms with Gasteiger partial charge < -0.3 is 25.1 Å². The molecule has 2 saturated heterocycles. The van der Waals surface area contributed by atoms with Crippen LogP contribution in [0, 0.1) is 11.8 Å². The number of carbonyl (C=O) groups is 2. The van der Waals surface area contributed by atoms with Crippen molar-refractivity contribution < 1.29 is 14.7 Å². The summed E-state index contributed by atoms with van der Waals surface area (Å²) >= 11 is 0. The normalized spacial score (nSPS) is 24.6. The highest BCUT2D eigenvalue weighted by Gasteiger charge is 2.38. The molecule has 0 radical (unpaired) electrons. The smallest absolute Gasteiger partial charge is 0.313 e. The van der Waals surface area contributed by atoms with Crippen LogP contribution in [0.3, 0.4) is 0 Å². The fourth-order valence-electron chi connectivity index (χ4n) is 3.73. The zero-order chi connectivity index (χ0) is 18.5. The summed E-state index contributed by atoms with van der Waals surface area (Å²) in [5.41, 5.74) is 0.609. The van der Waals surface area contributed by atoms with Gasteiger partial charge in [-0.15, -0.1) is 0 Å². The van der Waals surface area contributed by atoms with Crippen molar-refractivity contribution in [3.8, 4) is 0 Å². The highest BCUT2D eigenvalue weighted by atomic mass is 16.3. The number of benzene rings is 1. The van der Waals surface area contributed by atoms with Gasteiger partial charge in [-0.1, -0.05) is 18.2 Å². The van der Waals surface area contributed by atoms with Gasteiger partial charge in [0.05, 0.1) is 0 Å². The number of aliphatic hydroxyl groups excluding tert-OH is 1. The first-order valence-corrected chi connectivity index (χ1v) is 9.24. The maximum absolute atomic E-state index is 12.5. The zero-order valence-electron chi connectivity index (χ0n) is 15.3. The summed E-state index contributed by atoms with van der Waals surface area (Å²) < 4.78 is 0. The number of rotatable bonds is 4. The summed E-state index contributed by atoms with van der Waals surface area (Å²) in [5.74, 6) is -0.902. The lowest BCUT2D eigenvalue weighted by molar-refractivity contribution is -0.142. The van der Waals surface area contributed by atoms with Gasteiger partial charge in [0.25, 0.3) is 0 Å². The molecular formula is C19H28N4O3. The van der Waals surface area contributed by atoms with Crippen molar-refractivity contribution in [3.63, 3.8) is 0 Å². The Kier molecular flexibility index (Phi) is 6.24. The fourth-order valence-corrected chi connectivity index (χ4v) is 3.73. The molecule has 0 saturated carbocycles. The average molecular weight is 360 g/mol. The Hall–Kier alpha value is -1.96. The number of para-hydroxylation sites is 1. The molecule has 2 heterocycles. The van der Waals surface area contributed by atoms with E-state index in [0.29, 0.717) is 18.8 Å². The molecule has 1 aromatic carbocycles. The lowest BCUT2D eigenvalue weighted by Crippen LogP contribution is -2.47. The van der Waals surface area contributed by atoms with Crippen molar-refractivity contribution in [2.75, 3.05) is 64.8 Å². The predicted molar refractivity (Wildman–Crippen MR) is 99.7 cm³/mol. The summed E-state index contributed by atoms with van der Waals surface area (Å²) in [5, 5.41) is 12.4. The third kappa shape index (κ3) is 4.60. The molecule has 142 valence electrons. The fraction of sp³-hybridized carbons (Fsp3) is 0.579. The maximum Gasteiger partial charge on any atom is 0.313 e. The lowest BCUT2D eigenvalue weighted by atomic mass is 9.96. The molecule has 3 rings (SSSR count). The van der Waals surface area contributed by atoms with Gasteiger partial charge >= 0.3 is 11.8 Å². The Morgan fingerprint density at radius 1 is 1.08 bits per heavy atom. The number of hydrogen-bond donors (Lipinski definition) is 2. The summed E-state index contributed by atoms with van der Waals surface area (Å²) in [6, 6.07) is 8.98. The summed E-state index contributed by atoms with van der Waals surface area (Å²) in [7, 11) is 2.12. The molecule has 2 aliphatic rings. The molecule has 7 heteroatoms. The minimum absolute atomic E-state index is 0.0307. The Bertz CT molecular complexity index is 616. The van der Waals surface area contributed by atoms with Gasteiger partial charge in [0.1, 0.15) is 0 Å². The van der Waals surface area contributed by atoms with E-state index in [0.717, 1.165) is 32.7 Å². The quantitative estimate of drug-likeness (QED) is 0.736. The molecule has 2 fully saturated rings. The molecule has 1 aromatic rings. The topological polar surface area (TPSA) is 76.1 Å². The number of piperazine rings is 1. The van der Waals surface area contributed by atoms with Crippen molar-refractivity contribution in [1.29, 1.82) is 0 Å². The van der Waals surface area contributed by atoms with Gasteiger partial charge in [0.2, 0.25) is 0 Å². The molecule has 2 atom stereocenters. The van der Waals surface area contributed by atoms with Crippen LogP contribution in [0.4, 0.5) is 5.69 Å². The first kappa shape index (κ1) is 18.8. The van der Waals surface area contributed by atoms with Crippen molar-refractivity contribution in [2.45, 2.75) is 0 Å². The van der Waals surface area contributed by atoms with Gasteiger partial charge in [-0.05, 0) is 25.1 Å². The molecule has 0 aliphatic carbocycles. The first-order valence-electron chi connectivity index (χ1n) is 9.24. The molecule has 2 unspecified atom stereocenters. The Balaban J connectivity index is 1.55. The second kappa shape index (κ2) is 8.62. The van der Waals surface area contributed by atoms with Crippen LogP contribution in [-0.4, -0.2) is 91.1 Å². The number of amides is 2. The molecule has 0 bridgehead atoms. The van der Waals surface area contributed by atoms with E-state index < -0.39 is 11.8 Å². The van der Waals surface area contributed by atoms with E-state index in [1.165, 1.54) is 0 Å². The van der Waals surface area contributed by atoms with E-state index >= 15 is 0 Å². The van der Waals surface area contributed by atoms with E-state index in [4.69, 9.17) is 0 Å². The summed E-state index contributed by atoms with van der Waals surface area (Å²) in [6.45, 7) is 5.97.